The Hall–Kier alpha value is -4.08. The quantitative estimate of drug-likeness (QED) is 0.167. The maximum absolute atomic E-state index is 14.2. The number of carbonyl (C=O) groups is 6. The van der Waals surface area contributed by atoms with Gasteiger partial charge >= 0.3 is 12.0 Å². The van der Waals surface area contributed by atoms with Crippen molar-refractivity contribution in [3.8, 4) is 0 Å². The van der Waals surface area contributed by atoms with Crippen LogP contribution in [0.15, 0.2) is 30.3 Å². The molecule has 3 N–H and O–H groups in total. The lowest BCUT2D eigenvalue weighted by Crippen LogP contribution is -2.59. The van der Waals surface area contributed by atoms with Gasteiger partial charge in [0.2, 0.25) is 17.7 Å². The molecule has 1 saturated heterocycles. The molecule has 1 aliphatic heterocycles. The van der Waals surface area contributed by atoms with Crippen LogP contribution in [0.2, 0.25) is 0 Å². The standard InChI is InChI=1S/C42H70N6O9/c1-14-27(6)36(46(10)42(55)47(11)40(52)34(25(2)3)44-39(51)35(26(4)5)45(8)9)32(56-12)24-33(49)48-22-18-21-31(48)37(57-13)28(7)38(50)43-30(41(53)54)23-29-19-16-15-17-20-29/h15-17,19-20,25-28,30-32,34-37H,14,18,21-24H2,1-13H3,(H,43,50)(H,44,51)(H,53,54)/t27-,28+,30-,31-,32+,34-,35-,36-,37+/m0/s1. The van der Waals surface area contributed by atoms with Gasteiger partial charge in [-0.1, -0.05) is 85.2 Å². The first kappa shape index (κ1) is 49.1. The molecule has 1 aliphatic rings. The van der Waals surface area contributed by atoms with E-state index in [4.69, 9.17) is 9.47 Å². The van der Waals surface area contributed by atoms with Crippen molar-refractivity contribution in [1.29, 1.82) is 0 Å². The predicted octanol–water partition coefficient (Wildman–Crippen LogP) is 3.50. The topological polar surface area (TPSA) is 178 Å². The number of likely N-dealkylation sites (tertiary alicyclic amines) is 1. The van der Waals surface area contributed by atoms with Gasteiger partial charge in [-0.25, -0.2) is 9.59 Å². The Labute approximate surface area is 340 Å². The molecule has 0 aromatic heterocycles. The van der Waals surface area contributed by atoms with Crippen LogP contribution in [0.1, 0.15) is 79.7 Å². The highest BCUT2D eigenvalue weighted by Gasteiger charge is 2.43. The summed E-state index contributed by atoms with van der Waals surface area (Å²) in [5.41, 5.74) is 0.770. The number of methoxy groups -OCH3 is 2. The number of carboxylic acids is 1. The first-order valence-corrected chi connectivity index (χ1v) is 20.2. The average molecular weight is 803 g/mol. The van der Waals surface area contributed by atoms with Crippen LogP contribution in [0.3, 0.4) is 0 Å². The Balaban J connectivity index is 2.27. The molecule has 1 fully saturated rings. The lowest BCUT2D eigenvalue weighted by Gasteiger charge is -2.40. The minimum Gasteiger partial charge on any atom is -0.480 e. The van der Waals surface area contributed by atoms with E-state index in [2.05, 4.69) is 10.6 Å². The zero-order valence-electron chi connectivity index (χ0n) is 36.5. The zero-order chi connectivity index (χ0) is 43.3. The molecule has 0 aliphatic carbocycles. The number of likely N-dealkylation sites (N-methyl/N-ethyl adjacent to an activating group) is 3. The van der Waals surface area contributed by atoms with Crippen LogP contribution in [0, 0.1) is 23.7 Å². The van der Waals surface area contributed by atoms with E-state index >= 15 is 0 Å². The van der Waals surface area contributed by atoms with E-state index in [-0.39, 0.29) is 42.4 Å². The Kier molecular flexibility index (Phi) is 19.6. The second-order valence-electron chi connectivity index (χ2n) is 16.4. The van der Waals surface area contributed by atoms with Gasteiger partial charge in [-0.05, 0) is 50.3 Å². The maximum atomic E-state index is 14.2. The molecule has 1 aromatic rings. The van der Waals surface area contributed by atoms with E-state index in [1.807, 2.05) is 47.6 Å². The van der Waals surface area contributed by atoms with Crippen LogP contribution in [0.25, 0.3) is 0 Å². The summed E-state index contributed by atoms with van der Waals surface area (Å²) in [6.45, 7) is 13.5. The summed E-state index contributed by atoms with van der Waals surface area (Å²) < 4.78 is 11.8. The van der Waals surface area contributed by atoms with Gasteiger partial charge in [0.15, 0.2) is 0 Å². The van der Waals surface area contributed by atoms with Crippen LogP contribution in [-0.2, 0) is 39.9 Å². The monoisotopic (exact) mass is 803 g/mol. The number of urea groups is 1. The average Bonchev–Trinajstić information content (AvgIpc) is 3.65. The zero-order valence-corrected chi connectivity index (χ0v) is 36.5. The van der Waals surface area contributed by atoms with Gasteiger partial charge in [0.1, 0.15) is 12.1 Å². The van der Waals surface area contributed by atoms with Gasteiger partial charge in [0.25, 0.3) is 5.91 Å². The fraction of sp³-hybridized carbons (Fsp3) is 0.714. The molecule has 0 radical (unpaired) electrons. The number of carboxylic acid groups (broad SMARTS) is 1. The Morgan fingerprint density at radius 3 is 1.98 bits per heavy atom. The van der Waals surface area contributed by atoms with Crippen molar-refractivity contribution in [2.45, 2.75) is 123 Å². The third-order valence-electron chi connectivity index (χ3n) is 11.4. The number of ether oxygens (including phenoxy) is 2. The van der Waals surface area contributed by atoms with Gasteiger partial charge in [0, 0.05) is 41.3 Å². The fourth-order valence-electron chi connectivity index (χ4n) is 8.07. The van der Waals surface area contributed by atoms with E-state index in [9.17, 15) is 33.9 Å². The number of imide groups is 1. The highest BCUT2D eigenvalue weighted by atomic mass is 16.5. The maximum Gasteiger partial charge on any atom is 0.326 e. The van der Waals surface area contributed by atoms with Crippen molar-refractivity contribution >= 4 is 35.6 Å². The van der Waals surface area contributed by atoms with Gasteiger partial charge in [0.05, 0.1) is 42.7 Å². The molecule has 6 amide bonds. The molecule has 9 atom stereocenters. The van der Waals surface area contributed by atoms with E-state index in [1.165, 1.54) is 26.2 Å². The number of amides is 6. The van der Waals surface area contributed by atoms with E-state index < -0.39 is 72.1 Å². The number of carbonyl (C=O) groups excluding carboxylic acids is 5. The van der Waals surface area contributed by atoms with Gasteiger partial charge < -0.3 is 35.0 Å². The number of nitrogens with zero attached hydrogens (tertiary/aromatic N) is 4. The van der Waals surface area contributed by atoms with E-state index in [0.717, 1.165) is 10.5 Å². The number of hydrogen-bond acceptors (Lipinski definition) is 9. The van der Waals surface area contributed by atoms with E-state index in [0.29, 0.717) is 25.8 Å². The molecular weight excluding hydrogens is 732 g/mol. The molecule has 15 nitrogen and oxygen atoms in total. The molecule has 322 valence electrons. The summed E-state index contributed by atoms with van der Waals surface area (Å²) in [5.74, 6) is -3.99. The van der Waals surface area contributed by atoms with Crippen LogP contribution in [-0.4, -0.2) is 152 Å². The molecule has 0 bridgehead atoms. The van der Waals surface area contributed by atoms with Crippen LogP contribution >= 0.6 is 0 Å². The summed E-state index contributed by atoms with van der Waals surface area (Å²) in [6, 6.07) is 4.80. The number of aliphatic carboxylic acids is 1. The van der Waals surface area contributed by atoms with Crippen molar-refractivity contribution in [2.24, 2.45) is 23.7 Å². The molecule has 1 aromatic carbocycles. The summed E-state index contributed by atoms with van der Waals surface area (Å²) in [4.78, 5) is 87.0. The third-order valence-corrected chi connectivity index (χ3v) is 11.4. The van der Waals surface area contributed by atoms with E-state index in [1.54, 1.807) is 62.1 Å². The fourth-order valence-corrected chi connectivity index (χ4v) is 8.07. The molecule has 1 heterocycles. The second-order valence-corrected chi connectivity index (χ2v) is 16.4. The summed E-state index contributed by atoms with van der Waals surface area (Å²) in [6.07, 6.45) is 0.446. The van der Waals surface area contributed by atoms with Crippen molar-refractivity contribution < 1.29 is 43.3 Å². The lowest BCUT2D eigenvalue weighted by atomic mass is 9.90. The molecule has 57 heavy (non-hydrogen) atoms. The molecule has 15 heteroatoms. The number of hydrogen-bond donors (Lipinski definition) is 3. The summed E-state index contributed by atoms with van der Waals surface area (Å²) >= 11 is 0. The molecule has 0 spiro atoms. The first-order valence-electron chi connectivity index (χ1n) is 20.2. The number of rotatable bonds is 21. The Bertz CT molecular complexity index is 1480. The van der Waals surface area contributed by atoms with Gasteiger partial charge in [-0.2, -0.15) is 0 Å². The highest BCUT2D eigenvalue weighted by Crippen LogP contribution is 2.30. The van der Waals surface area contributed by atoms with Crippen LogP contribution in [0.4, 0.5) is 4.79 Å². The van der Waals surface area contributed by atoms with Gasteiger partial charge in [-0.3, -0.25) is 29.0 Å². The smallest absolute Gasteiger partial charge is 0.326 e. The van der Waals surface area contributed by atoms with Gasteiger partial charge in [-0.15, -0.1) is 0 Å². The Morgan fingerprint density at radius 2 is 1.49 bits per heavy atom. The highest BCUT2D eigenvalue weighted by molar-refractivity contribution is 5.99. The molecular formula is C42H70N6O9. The normalized spacial score (nSPS) is 18.6. The van der Waals surface area contributed by atoms with Crippen molar-refractivity contribution in [2.75, 3.05) is 49.0 Å². The molecule has 0 saturated carbocycles. The summed E-state index contributed by atoms with van der Waals surface area (Å²) in [5, 5.41) is 15.4. The molecule has 0 unspecified atom stereocenters. The Morgan fingerprint density at radius 1 is 0.877 bits per heavy atom. The van der Waals surface area contributed by atoms with Crippen molar-refractivity contribution in [3.05, 3.63) is 35.9 Å². The largest absolute Gasteiger partial charge is 0.480 e. The molecule has 2 rings (SSSR count). The van der Waals surface area contributed by atoms with Crippen molar-refractivity contribution in [1.82, 2.24) is 30.2 Å². The van der Waals surface area contributed by atoms with Crippen molar-refractivity contribution in [3.63, 3.8) is 0 Å². The first-order chi connectivity index (χ1) is 26.7. The third kappa shape index (κ3) is 13.0. The lowest BCUT2D eigenvalue weighted by molar-refractivity contribution is -0.145. The summed E-state index contributed by atoms with van der Waals surface area (Å²) in [7, 11) is 9.56. The predicted molar refractivity (Wildman–Crippen MR) is 218 cm³/mol. The van der Waals surface area contributed by atoms with Crippen LogP contribution in [0.5, 0.6) is 0 Å². The number of nitrogens with one attached hydrogen (secondary N) is 2. The second kappa shape index (κ2) is 22.8. The van der Waals surface area contributed by atoms with Crippen LogP contribution < -0.4 is 10.6 Å². The SMILES string of the molecule is CC[C@H](C)[C@@H]([C@@H](CC(=O)N1CCC[C@H]1[C@H](OC)[C@@H](C)C(=O)N[C@@H](Cc1ccccc1)C(=O)O)OC)N(C)C(=O)N(C)C(=O)[C@@H](NC(=O)[C@H](C(C)C)N(C)C)C(C)C. The minimum atomic E-state index is -1.15. The number of benzene rings is 1. The minimum absolute atomic E-state index is 0.0146.